The molecule has 0 fully saturated rings. The van der Waals surface area contributed by atoms with Gasteiger partial charge in [0.25, 0.3) is 0 Å². The Kier molecular flexibility index (Phi) is 7.85. The molecule has 6 nitrogen and oxygen atoms in total. The number of nitrogens with zero attached hydrogens (tertiary/aromatic N) is 3. The number of hydrogen-bond donors (Lipinski definition) is 0. The highest BCUT2D eigenvalue weighted by molar-refractivity contribution is 7.92. The van der Waals surface area contributed by atoms with Gasteiger partial charge in [-0.05, 0) is 71.1 Å². The standard InChI is InChI=1S/C26H29N3O3S.H2/c1-19(2)33(30,31)24-12-10-22(11-13-24)26-18-27-20(3)25(28-26)14-9-21-7-6-8-23(17-21)32-16-15-29(4)5;/h6-8,10-13,17-19H,15-16H2,1-5H3;1H. The molecule has 3 rings (SSSR count). The molecule has 2 aromatic carbocycles. The van der Waals surface area contributed by atoms with Crippen molar-refractivity contribution in [1.82, 2.24) is 14.9 Å². The van der Waals surface area contributed by atoms with Gasteiger partial charge < -0.3 is 9.64 Å². The van der Waals surface area contributed by atoms with Gasteiger partial charge >= 0.3 is 0 Å². The van der Waals surface area contributed by atoms with Crippen molar-refractivity contribution in [3.8, 4) is 28.8 Å². The van der Waals surface area contributed by atoms with Gasteiger partial charge in [0.1, 0.15) is 18.1 Å². The first-order valence-electron chi connectivity index (χ1n) is 10.7. The van der Waals surface area contributed by atoms with Crippen LogP contribution in [0.25, 0.3) is 11.3 Å². The summed E-state index contributed by atoms with van der Waals surface area (Å²) in [5.74, 6) is 7.02. The van der Waals surface area contributed by atoms with Gasteiger partial charge in [0.05, 0.1) is 27.7 Å². The Hall–Kier alpha value is -3.21. The first kappa shape index (κ1) is 24.4. The monoisotopic (exact) mass is 465 g/mol. The van der Waals surface area contributed by atoms with E-state index in [2.05, 4.69) is 26.7 Å². The van der Waals surface area contributed by atoms with Gasteiger partial charge in [-0.25, -0.2) is 13.4 Å². The highest BCUT2D eigenvalue weighted by atomic mass is 32.2. The summed E-state index contributed by atoms with van der Waals surface area (Å²) in [6.07, 6.45) is 1.67. The molecule has 0 radical (unpaired) electrons. The predicted octanol–water partition coefficient (Wildman–Crippen LogP) is 4.22. The highest BCUT2D eigenvalue weighted by Crippen LogP contribution is 2.22. The predicted molar refractivity (Wildman–Crippen MR) is 133 cm³/mol. The molecule has 3 aromatic rings. The molecular formula is C26H31N3O3S. The molecule has 174 valence electrons. The third-order valence-corrected chi connectivity index (χ3v) is 7.19. The summed E-state index contributed by atoms with van der Waals surface area (Å²) >= 11 is 0. The van der Waals surface area contributed by atoms with Crippen LogP contribution in [-0.2, 0) is 9.84 Å². The van der Waals surface area contributed by atoms with Gasteiger partial charge in [-0.1, -0.05) is 24.1 Å². The summed E-state index contributed by atoms with van der Waals surface area (Å²) in [4.78, 5) is 11.4. The minimum Gasteiger partial charge on any atom is -0.492 e. The fourth-order valence-corrected chi connectivity index (χ4v) is 4.00. The molecule has 1 aromatic heterocycles. The molecule has 0 aliphatic carbocycles. The van der Waals surface area contributed by atoms with Crippen LogP contribution in [0.15, 0.2) is 59.6 Å². The van der Waals surface area contributed by atoms with Gasteiger partial charge in [0.15, 0.2) is 9.84 Å². The summed E-state index contributed by atoms with van der Waals surface area (Å²) in [6, 6.07) is 14.4. The number of benzene rings is 2. The van der Waals surface area contributed by atoms with Gasteiger partial charge in [0, 0.05) is 19.1 Å². The van der Waals surface area contributed by atoms with Crippen LogP contribution in [0.2, 0.25) is 0 Å². The smallest absolute Gasteiger partial charge is 0.180 e. The van der Waals surface area contributed by atoms with Gasteiger partial charge in [-0.3, -0.25) is 4.98 Å². The van der Waals surface area contributed by atoms with E-state index in [9.17, 15) is 8.42 Å². The number of rotatable bonds is 7. The largest absolute Gasteiger partial charge is 0.492 e. The molecular weight excluding hydrogens is 434 g/mol. The molecule has 0 aliphatic heterocycles. The van der Waals surface area contributed by atoms with Crippen molar-refractivity contribution in [3.05, 3.63) is 71.7 Å². The quantitative estimate of drug-likeness (QED) is 0.487. The maximum atomic E-state index is 12.4. The molecule has 0 saturated carbocycles. The zero-order valence-electron chi connectivity index (χ0n) is 19.7. The third kappa shape index (κ3) is 6.41. The minimum atomic E-state index is -3.31. The van der Waals surface area contributed by atoms with Gasteiger partial charge in [0.2, 0.25) is 0 Å². The Bertz CT molecular complexity index is 1280. The fraction of sp³-hybridized carbons (Fsp3) is 0.308. The summed E-state index contributed by atoms with van der Waals surface area (Å²) in [5, 5.41) is -0.471. The Morgan fingerprint density at radius 3 is 2.48 bits per heavy atom. The Morgan fingerprint density at radius 1 is 1.09 bits per heavy atom. The van der Waals surface area contributed by atoms with Crippen LogP contribution in [0.5, 0.6) is 5.75 Å². The lowest BCUT2D eigenvalue weighted by atomic mass is 10.1. The third-order valence-electron chi connectivity index (χ3n) is 5.02. The number of hydrogen-bond acceptors (Lipinski definition) is 6. The van der Waals surface area contributed by atoms with E-state index in [0.717, 1.165) is 29.1 Å². The second-order valence-corrected chi connectivity index (χ2v) is 10.7. The zero-order chi connectivity index (χ0) is 24.0. The summed E-state index contributed by atoms with van der Waals surface area (Å²) in [5.41, 5.74) is 3.55. The van der Waals surface area contributed by atoms with E-state index in [-0.39, 0.29) is 1.43 Å². The van der Waals surface area contributed by atoms with Crippen molar-refractivity contribution in [2.75, 3.05) is 27.2 Å². The minimum absolute atomic E-state index is 0. The molecule has 33 heavy (non-hydrogen) atoms. The molecule has 0 atom stereocenters. The summed E-state index contributed by atoms with van der Waals surface area (Å²) in [6.45, 7) is 6.64. The number of aromatic nitrogens is 2. The second kappa shape index (κ2) is 10.6. The fourth-order valence-electron chi connectivity index (χ4n) is 2.94. The van der Waals surface area contributed by atoms with Crippen LogP contribution in [0.4, 0.5) is 0 Å². The molecule has 0 amide bonds. The van der Waals surface area contributed by atoms with E-state index in [0.29, 0.717) is 22.9 Å². The lowest BCUT2D eigenvalue weighted by Gasteiger charge is -2.10. The van der Waals surface area contributed by atoms with Crippen LogP contribution in [0, 0.1) is 18.8 Å². The summed E-state index contributed by atoms with van der Waals surface area (Å²) in [7, 11) is 0.694. The Balaban J connectivity index is 0.00000408. The molecule has 0 unspecified atom stereocenters. The molecule has 0 bridgehead atoms. The van der Waals surface area contributed by atoms with Crippen LogP contribution in [0.1, 0.15) is 32.2 Å². The average Bonchev–Trinajstić information content (AvgIpc) is 2.78. The molecule has 0 N–H and O–H groups in total. The van der Waals surface area contributed by atoms with Crippen molar-refractivity contribution < 1.29 is 14.6 Å². The first-order valence-corrected chi connectivity index (χ1v) is 12.3. The number of ether oxygens (including phenoxy) is 1. The van der Waals surface area contributed by atoms with Crippen LogP contribution in [-0.4, -0.2) is 55.8 Å². The maximum absolute atomic E-state index is 12.4. The van der Waals surface area contributed by atoms with E-state index >= 15 is 0 Å². The van der Waals surface area contributed by atoms with Crippen LogP contribution in [0.3, 0.4) is 0 Å². The van der Waals surface area contributed by atoms with E-state index in [1.165, 1.54) is 0 Å². The number of likely N-dealkylation sites (N-methyl/N-ethyl adjacent to an activating group) is 1. The lowest BCUT2D eigenvalue weighted by molar-refractivity contribution is 0.261. The second-order valence-electron chi connectivity index (χ2n) is 8.24. The lowest BCUT2D eigenvalue weighted by Crippen LogP contribution is -2.19. The zero-order valence-corrected chi connectivity index (χ0v) is 20.5. The van der Waals surface area contributed by atoms with Crippen LogP contribution < -0.4 is 4.74 Å². The molecule has 0 aliphatic rings. The van der Waals surface area contributed by atoms with E-state index in [1.807, 2.05) is 45.3 Å². The van der Waals surface area contributed by atoms with E-state index in [1.54, 1.807) is 44.3 Å². The Morgan fingerprint density at radius 2 is 1.82 bits per heavy atom. The van der Waals surface area contributed by atoms with Crippen LogP contribution >= 0.6 is 0 Å². The van der Waals surface area contributed by atoms with Crippen molar-refractivity contribution in [2.24, 2.45) is 0 Å². The Labute approximate surface area is 198 Å². The van der Waals surface area contributed by atoms with Gasteiger partial charge in [-0.15, -0.1) is 0 Å². The topological polar surface area (TPSA) is 72.4 Å². The average molecular weight is 466 g/mol. The maximum Gasteiger partial charge on any atom is 0.180 e. The van der Waals surface area contributed by atoms with E-state index < -0.39 is 15.1 Å². The van der Waals surface area contributed by atoms with E-state index in [4.69, 9.17) is 4.74 Å². The van der Waals surface area contributed by atoms with Gasteiger partial charge in [-0.2, -0.15) is 0 Å². The number of aryl methyl sites for hydroxylation is 1. The molecule has 1 heterocycles. The highest BCUT2D eigenvalue weighted by Gasteiger charge is 2.19. The summed E-state index contributed by atoms with van der Waals surface area (Å²) < 4.78 is 30.5. The molecule has 0 saturated heterocycles. The van der Waals surface area contributed by atoms with Crippen molar-refractivity contribution in [1.29, 1.82) is 0 Å². The van der Waals surface area contributed by atoms with Crippen molar-refractivity contribution in [3.63, 3.8) is 0 Å². The number of sulfone groups is 1. The molecule has 7 heteroatoms. The molecule has 0 spiro atoms. The first-order chi connectivity index (χ1) is 15.7. The normalized spacial score (nSPS) is 11.4. The SMILES string of the molecule is Cc1ncc(-c2ccc(S(=O)(=O)C(C)C)cc2)nc1C#Cc1cccc(OCCN(C)C)c1.[HH]. The van der Waals surface area contributed by atoms with Crippen molar-refractivity contribution >= 4 is 9.84 Å². The van der Waals surface area contributed by atoms with Crippen molar-refractivity contribution in [2.45, 2.75) is 30.9 Å².